The zero-order valence-corrected chi connectivity index (χ0v) is 6.16. The predicted octanol–water partition coefficient (Wildman–Crippen LogP) is 0.340. The molecule has 10 heavy (non-hydrogen) atoms. The van der Waals surface area contributed by atoms with Gasteiger partial charge in [-0.05, 0) is 31.5 Å². The van der Waals surface area contributed by atoms with Gasteiger partial charge in [0, 0.05) is 0 Å². The molecule has 1 heterocycles. The second-order valence-electron chi connectivity index (χ2n) is 2.74. The highest BCUT2D eigenvalue weighted by Crippen LogP contribution is 2.35. The minimum Gasteiger partial charge on any atom is -0.397 e. The van der Waals surface area contributed by atoms with Crippen LogP contribution in [0.15, 0.2) is 0 Å². The first-order chi connectivity index (χ1) is 4.73. The number of carbonyl (C=O) groups excluding carboxylic acids is 1. The standard InChI is InChI=1S/C6H7NO2S/c8-4-6(2-1-3-6)7-5(10)9-4/h1-3H2,(H,7,10). The van der Waals surface area contributed by atoms with Gasteiger partial charge in [0.25, 0.3) is 5.17 Å². The monoisotopic (exact) mass is 157 g/mol. The Morgan fingerprint density at radius 2 is 2.30 bits per heavy atom. The minimum atomic E-state index is -0.406. The van der Waals surface area contributed by atoms with E-state index in [0.29, 0.717) is 0 Å². The van der Waals surface area contributed by atoms with Gasteiger partial charge in [0.2, 0.25) is 0 Å². The molecule has 1 aliphatic carbocycles. The smallest absolute Gasteiger partial charge is 0.339 e. The quantitative estimate of drug-likeness (QED) is 0.406. The fraction of sp³-hybridized carbons (Fsp3) is 0.667. The first-order valence-electron chi connectivity index (χ1n) is 3.27. The van der Waals surface area contributed by atoms with Crippen LogP contribution in [0.4, 0.5) is 0 Å². The molecule has 1 N–H and O–H groups in total. The molecular formula is C6H7NO2S. The maximum atomic E-state index is 11.0. The van der Waals surface area contributed by atoms with Crippen molar-refractivity contribution in [1.82, 2.24) is 5.32 Å². The molecule has 2 aliphatic rings. The number of esters is 1. The molecule has 0 aromatic rings. The van der Waals surface area contributed by atoms with Crippen molar-refractivity contribution in [2.75, 3.05) is 0 Å². The van der Waals surface area contributed by atoms with Crippen molar-refractivity contribution in [3.05, 3.63) is 0 Å². The molecule has 0 unspecified atom stereocenters. The molecule has 1 saturated heterocycles. The van der Waals surface area contributed by atoms with E-state index in [1.54, 1.807) is 0 Å². The Morgan fingerprint density at radius 1 is 1.60 bits per heavy atom. The van der Waals surface area contributed by atoms with E-state index >= 15 is 0 Å². The Morgan fingerprint density at radius 3 is 2.50 bits per heavy atom. The molecule has 2 rings (SSSR count). The zero-order chi connectivity index (χ0) is 7.19. The van der Waals surface area contributed by atoms with Gasteiger partial charge in [-0.3, -0.25) is 0 Å². The number of carbonyl (C=O) groups is 1. The lowest BCUT2D eigenvalue weighted by Crippen LogP contribution is -2.51. The van der Waals surface area contributed by atoms with Gasteiger partial charge < -0.3 is 10.1 Å². The SMILES string of the molecule is O=C1OC(=S)NC12CCC2. The summed E-state index contributed by atoms with van der Waals surface area (Å²) in [5.41, 5.74) is -0.406. The summed E-state index contributed by atoms with van der Waals surface area (Å²) in [7, 11) is 0. The average Bonchev–Trinajstić information content (AvgIpc) is 2.04. The van der Waals surface area contributed by atoms with Crippen molar-refractivity contribution < 1.29 is 9.53 Å². The van der Waals surface area contributed by atoms with E-state index in [-0.39, 0.29) is 11.1 Å². The Bertz CT molecular complexity index is 210. The number of hydrogen-bond donors (Lipinski definition) is 1. The summed E-state index contributed by atoms with van der Waals surface area (Å²) in [6.07, 6.45) is 2.82. The number of nitrogens with one attached hydrogen (secondary N) is 1. The van der Waals surface area contributed by atoms with Gasteiger partial charge in [-0.1, -0.05) is 0 Å². The molecule has 0 atom stereocenters. The van der Waals surface area contributed by atoms with Gasteiger partial charge in [-0.25, -0.2) is 4.79 Å². The maximum absolute atomic E-state index is 11.0. The van der Waals surface area contributed by atoms with Crippen LogP contribution in [-0.4, -0.2) is 16.7 Å². The van der Waals surface area contributed by atoms with Crippen molar-refractivity contribution in [1.29, 1.82) is 0 Å². The third-order valence-corrected chi connectivity index (χ3v) is 2.31. The summed E-state index contributed by atoms with van der Waals surface area (Å²) >= 11 is 4.69. The first-order valence-corrected chi connectivity index (χ1v) is 3.68. The van der Waals surface area contributed by atoms with Crippen LogP contribution in [0.3, 0.4) is 0 Å². The number of ether oxygens (including phenoxy) is 1. The highest BCUT2D eigenvalue weighted by Gasteiger charge is 2.51. The van der Waals surface area contributed by atoms with Crippen molar-refractivity contribution in [2.24, 2.45) is 0 Å². The minimum absolute atomic E-state index is 0.191. The third kappa shape index (κ3) is 0.595. The second kappa shape index (κ2) is 1.69. The van der Waals surface area contributed by atoms with E-state index in [0.717, 1.165) is 19.3 Å². The molecule has 2 fully saturated rings. The predicted molar refractivity (Wildman–Crippen MR) is 38.4 cm³/mol. The molecule has 0 aromatic carbocycles. The van der Waals surface area contributed by atoms with Crippen molar-refractivity contribution >= 4 is 23.4 Å². The highest BCUT2D eigenvalue weighted by molar-refractivity contribution is 7.80. The Balaban J connectivity index is 2.23. The lowest BCUT2D eigenvalue weighted by molar-refractivity contribution is -0.141. The van der Waals surface area contributed by atoms with Crippen molar-refractivity contribution in [2.45, 2.75) is 24.8 Å². The second-order valence-corrected chi connectivity index (χ2v) is 3.11. The van der Waals surface area contributed by atoms with E-state index in [1.165, 1.54) is 0 Å². The summed E-state index contributed by atoms with van der Waals surface area (Å²) in [5, 5.41) is 3.12. The first kappa shape index (κ1) is 6.09. The summed E-state index contributed by atoms with van der Waals surface area (Å²) in [4.78, 5) is 11.0. The molecule has 1 aliphatic heterocycles. The van der Waals surface area contributed by atoms with Crippen LogP contribution >= 0.6 is 12.2 Å². The van der Waals surface area contributed by atoms with Crippen LogP contribution in [0.2, 0.25) is 0 Å². The van der Waals surface area contributed by atoms with E-state index in [4.69, 9.17) is 17.0 Å². The number of hydrogen-bond acceptors (Lipinski definition) is 3. The normalized spacial score (nSPS) is 27.6. The highest BCUT2D eigenvalue weighted by atomic mass is 32.1. The molecule has 3 nitrogen and oxygen atoms in total. The van der Waals surface area contributed by atoms with Gasteiger partial charge in [0.05, 0.1) is 0 Å². The Labute approximate surface area is 63.7 Å². The maximum Gasteiger partial charge on any atom is 0.339 e. The molecule has 0 radical (unpaired) electrons. The van der Waals surface area contributed by atoms with E-state index in [2.05, 4.69) is 5.32 Å². The molecule has 1 saturated carbocycles. The lowest BCUT2D eigenvalue weighted by Gasteiger charge is -2.33. The number of thiocarbonyl (C=S) groups is 1. The molecular weight excluding hydrogens is 150 g/mol. The van der Waals surface area contributed by atoms with Gasteiger partial charge in [0.1, 0.15) is 5.54 Å². The molecule has 0 aromatic heterocycles. The molecule has 54 valence electrons. The topological polar surface area (TPSA) is 38.3 Å². The molecule has 0 amide bonds. The number of rotatable bonds is 0. The number of cyclic esters (lactones) is 1. The summed E-state index contributed by atoms with van der Waals surface area (Å²) in [6, 6.07) is 0. The van der Waals surface area contributed by atoms with Crippen LogP contribution in [0, 0.1) is 0 Å². The largest absolute Gasteiger partial charge is 0.397 e. The molecule has 0 bridgehead atoms. The van der Waals surface area contributed by atoms with E-state index in [9.17, 15) is 4.79 Å². The zero-order valence-electron chi connectivity index (χ0n) is 5.35. The van der Waals surface area contributed by atoms with Crippen molar-refractivity contribution in [3.63, 3.8) is 0 Å². The summed E-state index contributed by atoms with van der Waals surface area (Å²) in [5.74, 6) is -0.191. The van der Waals surface area contributed by atoms with E-state index < -0.39 is 5.54 Å². The third-order valence-electron chi connectivity index (χ3n) is 2.12. The van der Waals surface area contributed by atoms with E-state index in [1.807, 2.05) is 0 Å². The van der Waals surface area contributed by atoms with Crippen LogP contribution in [0.25, 0.3) is 0 Å². The van der Waals surface area contributed by atoms with Crippen LogP contribution in [0.5, 0.6) is 0 Å². The average molecular weight is 157 g/mol. The van der Waals surface area contributed by atoms with Crippen LogP contribution < -0.4 is 5.32 Å². The van der Waals surface area contributed by atoms with Crippen LogP contribution in [-0.2, 0) is 9.53 Å². The Kier molecular flexibility index (Phi) is 1.03. The van der Waals surface area contributed by atoms with Crippen molar-refractivity contribution in [3.8, 4) is 0 Å². The Hall–Kier alpha value is -0.640. The fourth-order valence-corrected chi connectivity index (χ4v) is 1.58. The van der Waals surface area contributed by atoms with Gasteiger partial charge in [-0.15, -0.1) is 0 Å². The van der Waals surface area contributed by atoms with Gasteiger partial charge >= 0.3 is 5.97 Å². The molecule has 4 heteroatoms. The summed E-state index contributed by atoms with van der Waals surface area (Å²) < 4.78 is 4.70. The van der Waals surface area contributed by atoms with Gasteiger partial charge in [-0.2, -0.15) is 0 Å². The van der Waals surface area contributed by atoms with Gasteiger partial charge in [0.15, 0.2) is 0 Å². The molecule has 1 spiro atoms. The van der Waals surface area contributed by atoms with Crippen LogP contribution in [0.1, 0.15) is 19.3 Å². The lowest BCUT2D eigenvalue weighted by atomic mass is 9.77. The summed E-state index contributed by atoms with van der Waals surface area (Å²) in [6.45, 7) is 0. The fourth-order valence-electron chi connectivity index (χ4n) is 1.31.